The summed E-state index contributed by atoms with van der Waals surface area (Å²) in [5, 5.41) is 9.45. The number of aliphatic hydroxyl groups is 1. The molecule has 0 aromatic carbocycles. The Bertz CT molecular complexity index is 105. The summed E-state index contributed by atoms with van der Waals surface area (Å²) in [6.07, 6.45) is 0.292. The van der Waals surface area contributed by atoms with Crippen molar-refractivity contribution in [3.63, 3.8) is 0 Å². The second-order valence-corrected chi connectivity index (χ2v) is 2.57. The van der Waals surface area contributed by atoms with Crippen molar-refractivity contribution in [1.82, 2.24) is 0 Å². The number of ether oxygens (including phenoxy) is 1. The van der Waals surface area contributed by atoms with Gasteiger partial charge in [-0.3, -0.25) is 4.79 Å². The SMILES string of the molecule is COC(=O)CCC(O)CBr. The Morgan fingerprint density at radius 3 is 2.80 bits per heavy atom. The second kappa shape index (κ2) is 5.68. The normalized spacial score (nSPS) is 12.7. The summed E-state index contributed by atoms with van der Waals surface area (Å²) in [6.45, 7) is 0. The zero-order chi connectivity index (χ0) is 7.98. The number of hydrogen-bond donors (Lipinski definition) is 1. The molecule has 0 aromatic rings. The average Bonchev–Trinajstić information content (AvgIpc) is 1.99. The van der Waals surface area contributed by atoms with Crippen molar-refractivity contribution in [3.8, 4) is 0 Å². The third-order valence-corrected chi connectivity index (χ3v) is 1.83. The maximum absolute atomic E-state index is 10.5. The number of alkyl halides is 1. The van der Waals surface area contributed by atoms with Crippen LogP contribution in [0.25, 0.3) is 0 Å². The summed E-state index contributed by atoms with van der Waals surface area (Å²) in [7, 11) is 1.34. The number of methoxy groups -OCH3 is 1. The molecule has 0 aromatic heterocycles. The van der Waals surface area contributed by atoms with Gasteiger partial charge >= 0.3 is 5.97 Å². The van der Waals surface area contributed by atoms with E-state index >= 15 is 0 Å². The first kappa shape index (κ1) is 9.91. The van der Waals surface area contributed by atoms with Gasteiger partial charge in [0.1, 0.15) is 0 Å². The maximum atomic E-state index is 10.5. The molecule has 0 saturated heterocycles. The first-order chi connectivity index (χ1) is 4.70. The van der Waals surface area contributed by atoms with Crippen LogP contribution in [0.15, 0.2) is 0 Å². The predicted octanol–water partition coefficient (Wildman–Crippen LogP) is 0.695. The third-order valence-electron chi connectivity index (χ3n) is 1.09. The molecule has 0 heterocycles. The minimum Gasteiger partial charge on any atom is -0.469 e. The fourth-order valence-corrected chi connectivity index (χ4v) is 0.787. The zero-order valence-corrected chi connectivity index (χ0v) is 7.43. The molecule has 0 spiro atoms. The van der Waals surface area contributed by atoms with Crippen molar-refractivity contribution in [2.75, 3.05) is 12.4 Å². The van der Waals surface area contributed by atoms with E-state index in [2.05, 4.69) is 20.7 Å². The number of halogens is 1. The van der Waals surface area contributed by atoms with Gasteiger partial charge in [0.25, 0.3) is 0 Å². The predicted molar refractivity (Wildman–Crippen MR) is 41.1 cm³/mol. The van der Waals surface area contributed by atoms with Gasteiger partial charge in [0.05, 0.1) is 13.2 Å². The van der Waals surface area contributed by atoms with Crippen LogP contribution in [0, 0.1) is 0 Å². The lowest BCUT2D eigenvalue weighted by Gasteiger charge is -2.03. The van der Waals surface area contributed by atoms with E-state index in [9.17, 15) is 4.79 Å². The molecular weight excluding hydrogens is 200 g/mol. The van der Waals surface area contributed by atoms with Crippen LogP contribution in [-0.2, 0) is 9.53 Å². The highest BCUT2D eigenvalue weighted by Gasteiger charge is 2.05. The first-order valence-corrected chi connectivity index (χ1v) is 4.13. The van der Waals surface area contributed by atoms with Crippen LogP contribution < -0.4 is 0 Å². The molecule has 0 amide bonds. The van der Waals surface area contributed by atoms with Crippen molar-refractivity contribution in [3.05, 3.63) is 0 Å². The van der Waals surface area contributed by atoms with E-state index in [4.69, 9.17) is 5.11 Å². The van der Waals surface area contributed by atoms with Gasteiger partial charge in [-0.1, -0.05) is 15.9 Å². The van der Waals surface area contributed by atoms with Crippen molar-refractivity contribution < 1.29 is 14.6 Å². The largest absolute Gasteiger partial charge is 0.469 e. The topological polar surface area (TPSA) is 46.5 Å². The molecule has 1 N–H and O–H groups in total. The van der Waals surface area contributed by atoms with Gasteiger partial charge < -0.3 is 9.84 Å². The molecule has 0 fully saturated rings. The Kier molecular flexibility index (Phi) is 5.63. The van der Waals surface area contributed by atoms with Gasteiger partial charge in [0.2, 0.25) is 0 Å². The molecule has 0 aliphatic carbocycles. The Balaban J connectivity index is 3.26. The van der Waals surface area contributed by atoms with Gasteiger partial charge in [-0.05, 0) is 6.42 Å². The molecular formula is C6H11BrO3. The minimum atomic E-state index is -0.445. The summed E-state index contributed by atoms with van der Waals surface area (Å²) >= 11 is 3.08. The van der Waals surface area contributed by atoms with Crippen molar-refractivity contribution in [2.24, 2.45) is 0 Å². The lowest BCUT2D eigenvalue weighted by atomic mass is 10.2. The average molecular weight is 211 g/mol. The maximum Gasteiger partial charge on any atom is 0.305 e. The number of carbonyl (C=O) groups is 1. The van der Waals surface area contributed by atoms with Gasteiger partial charge in [0, 0.05) is 11.8 Å². The molecule has 0 radical (unpaired) electrons. The molecule has 10 heavy (non-hydrogen) atoms. The van der Waals surface area contributed by atoms with Crippen LogP contribution in [0.3, 0.4) is 0 Å². The molecule has 1 unspecified atom stereocenters. The van der Waals surface area contributed by atoms with Gasteiger partial charge in [-0.25, -0.2) is 0 Å². The van der Waals surface area contributed by atoms with E-state index in [1.165, 1.54) is 7.11 Å². The molecule has 0 rings (SSSR count). The van der Waals surface area contributed by atoms with Gasteiger partial charge in [0.15, 0.2) is 0 Å². The van der Waals surface area contributed by atoms with Crippen LogP contribution in [0.5, 0.6) is 0 Å². The highest BCUT2D eigenvalue weighted by molar-refractivity contribution is 9.09. The van der Waals surface area contributed by atoms with Crippen LogP contribution in [0.4, 0.5) is 0 Å². The smallest absolute Gasteiger partial charge is 0.305 e. The van der Waals surface area contributed by atoms with E-state index in [1.807, 2.05) is 0 Å². The summed E-state index contributed by atoms with van der Waals surface area (Å²) < 4.78 is 4.38. The molecule has 0 saturated carbocycles. The highest BCUT2D eigenvalue weighted by Crippen LogP contribution is 2.00. The van der Waals surface area contributed by atoms with E-state index in [1.54, 1.807) is 0 Å². The molecule has 4 heteroatoms. The quantitative estimate of drug-likeness (QED) is 0.549. The van der Waals surface area contributed by atoms with E-state index < -0.39 is 6.10 Å². The highest BCUT2D eigenvalue weighted by atomic mass is 79.9. The van der Waals surface area contributed by atoms with Gasteiger partial charge in [-0.15, -0.1) is 0 Å². The monoisotopic (exact) mass is 210 g/mol. The van der Waals surface area contributed by atoms with Crippen molar-refractivity contribution in [1.29, 1.82) is 0 Å². The van der Waals surface area contributed by atoms with Crippen LogP contribution in [-0.4, -0.2) is 29.6 Å². The standard InChI is InChI=1S/C6H11BrO3/c1-10-6(9)3-2-5(8)4-7/h5,8H,2-4H2,1H3. The van der Waals surface area contributed by atoms with Crippen LogP contribution in [0.1, 0.15) is 12.8 Å². The fraction of sp³-hybridized carbons (Fsp3) is 0.833. The minimum absolute atomic E-state index is 0.278. The number of hydrogen-bond acceptors (Lipinski definition) is 3. The van der Waals surface area contributed by atoms with Crippen LogP contribution in [0.2, 0.25) is 0 Å². The fourth-order valence-electron chi connectivity index (χ4n) is 0.464. The number of rotatable bonds is 4. The van der Waals surface area contributed by atoms with Crippen molar-refractivity contribution >= 4 is 21.9 Å². The zero-order valence-electron chi connectivity index (χ0n) is 5.84. The summed E-state index contributed by atoms with van der Waals surface area (Å²) in [5.41, 5.74) is 0. The summed E-state index contributed by atoms with van der Waals surface area (Å²) in [4.78, 5) is 10.5. The number of esters is 1. The molecule has 1 atom stereocenters. The van der Waals surface area contributed by atoms with E-state index in [-0.39, 0.29) is 12.4 Å². The Morgan fingerprint density at radius 2 is 2.40 bits per heavy atom. The van der Waals surface area contributed by atoms with E-state index in [0.717, 1.165) is 0 Å². The second-order valence-electron chi connectivity index (χ2n) is 1.92. The molecule has 0 bridgehead atoms. The lowest BCUT2D eigenvalue weighted by molar-refractivity contribution is -0.141. The molecule has 0 aliphatic rings. The first-order valence-electron chi connectivity index (χ1n) is 3.01. The molecule has 3 nitrogen and oxygen atoms in total. The Labute approximate surface area is 68.5 Å². The summed E-state index contributed by atoms with van der Waals surface area (Å²) in [5.74, 6) is -0.278. The summed E-state index contributed by atoms with van der Waals surface area (Å²) in [6, 6.07) is 0. The Hall–Kier alpha value is -0.0900. The van der Waals surface area contributed by atoms with Crippen molar-refractivity contribution in [2.45, 2.75) is 18.9 Å². The van der Waals surface area contributed by atoms with Crippen LogP contribution >= 0.6 is 15.9 Å². The number of carbonyl (C=O) groups excluding carboxylic acids is 1. The van der Waals surface area contributed by atoms with E-state index in [0.29, 0.717) is 11.8 Å². The molecule has 60 valence electrons. The Morgan fingerprint density at radius 1 is 1.80 bits per heavy atom. The third kappa shape index (κ3) is 4.76. The number of aliphatic hydroxyl groups excluding tert-OH is 1. The van der Waals surface area contributed by atoms with Gasteiger partial charge in [-0.2, -0.15) is 0 Å². The molecule has 0 aliphatic heterocycles. The lowest BCUT2D eigenvalue weighted by Crippen LogP contribution is -2.11.